The van der Waals surface area contributed by atoms with Crippen LogP contribution in [0.3, 0.4) is 0 Å². The van der Waals surface area contributed by atoms with E-state index in [1.165, 1.54) is 17.0 Å². The normalized spacial score (nSPS) is 11.9. The molecular weight excluding hydrogens is 737 g/mol. The molecule has 0 aliphatic rings. The van der Waals surface area contributed by atoms with Crippen LogP contribution in [0.5, 0.6) is 0 Å². The Kier molecular flexibility index (Phi) is 12.8. The van der Waals surface area contributed by atoms with Gasteiger partial charge in [-0.1, -0.05) is 83.7 Å². The first-order valence-corrected chi connectivity index (χ1v) is 15.8. The number of pyridine rings is 2. The number of nitrogens with zero attached hydrogens (tertiary/aromatic N) is 2. The first-order chi connectivity index (χ1) is 21.1. The molecule has 0 unspecified atom stereocenters. The molecule has 5 nitrogen and oxygen atoms in total. The van der Waals surface area contributed by atoms with E-state index >= 15 is 0 Å². The zero-order valence-electron chi connectivity index (χ0n) is 27.5. The van der Waals surface area contributed by atoms with Crippen LogP contribution in [0.2, 0.25) is 0 Å². The number of carbonyl (C=O) groups excluding carboxylic acids is 1. The molecule has 0 atom stereocenters. The number of aromatic nitrogens is 2. The van der Waals surface area contributed by atoms with Gasteiger partial charge in [0.25, 0.3) is 0 Å². The largest absolute Gasteiger partial charge is 0.512 e. The summed E-state index contributed by atoms with van der Waals surface area (Å²) in [6, 6.07) is 22.1. The molecule has 6 heteroatoms. The van der Waals surface area contributed by atoms with E-state index in [-0.39, 0.29) is 48.9 Å². The van der Waals surface area contributed by atoms with E-state index in [9.17, 15) is 9.90 Å². The van der Waals surface area contributed by atoms with Gasteiger partial charge in [-0.25, -0.2) is 0 Å². The predicted molar refractivity (Wildman–Crippen MR) is 182 cm³/mol. The van der Waals surface area contributed by atoms with Gasteiger partial charge in [-0.05, 0) is 54.9 Å². The second kappa shape index (κ2) is 16.1. The number of hydrogen-bond acceptors (Lipinski definition) is 5. The van der Waals surface area contributed by atoms with E-state index in [4.69, 9.17) is 4.42 Å². The molecule has 0 aliphatic heterocycles. The Hall–Kier alpha value is -3.60. The van der Waals surface area contributed by atoms with Crippen LogP contribution in [-0.4, -0.2) is 20.9 Å². The van der Waals surface area contributed by atoms with Crippen molar-refractivity contribution in [1.82, 2.24) is 9.97 Å². The third-order valence-electron chi connectivity index (χ3n) is 8.34. The molecule has 0 fully saturated rings. The van der Waals surface area contributed by atoms with E-state index in [0.717, 1.165) is 64.6 Å². The van der Waals surface area contributed by atoms with Crippen molar-refractivity contribution >= 4 is 27.7 Å². The van der Waals surface area contributed by atoms with Gasteiger partial charge < -0.3 is 9.52 Å². The minimum absolute atomic E-state index is 0. The summed E-state index contributed by atoms with van der Waals surface area (Å²) in [4.78, 5) is 20.8. The Labute approximate surface area is 281 Å². The summed E-state index contributed by atoms with van der Waals surface area (Å²) in [5.41, 5.74) is 6.86. The zero-order chi connectivity index (χ0) is 31.9. The summed E-state index contributed by atoms with van der Waals surface area (Å²) in [5.74, 6) is 0.547. The standard InChI is InChI=1S/C26H21N2O.C13H24O2.Ir/c1-26(2,3)22-14-19(13-17-7-4-5-8-20(17)22)23-15-18(10-12-27-23)21-16-29-24-9-6-11-28-25(21)24;1-5-10(6-2)12(14)9-13(15)11(7-3)8-4;/h4-12,14-16H,1-3H3;9-11,14H,5-8H2,1-4H3;/q-1;;/b;12-9-;. The molecule has 45 heavy (non-hydrogen) atoms. The fourth-order valence-electron chi connectivity index (χ4n) is 5.58. The average Bonchev–Trinajstić information content (AvgIpc) is 3.46. The monoisotopic (exact) mass is 782 g/mol. The third-order valence-corrected chi connectivity index (χ3v) is 8.34. The van der Waals surface area contributed by atoms with Gasteiger partial charge in [-0.3, -0.25) is 14.8 Å². The van der Waals surface area contributed by atoms with E-state index in [0.29, 0.717) is 0 Å². The number of hydrogen-bond donors (Lipinski definition) is 1. The van der Waals surface area contributed by atoms with Gasteiger partial charge in [0.15, 0.2) is 11.4 Å². The van der Waals surface area contributed by atoms with Gasteiger partial charge in [0.05, 0.1) is 5.76 Å². The number of ketones is 1. The Balaban J connectivity index is 0.000000297. The quantitative estimate of drug-likeness (QED) is 0.0916. The van der Waals surface area contributed by atoms with Gasteiger partial charge >= 0.3 is 0 Å². The number of carbonyl (C=O) groups is 1. The van der Waals surface area contributed by atoms with Gasteiger partial charge in [0, 0.05) is 61.7 Å². The molecular formula is C39H45IrN2O3-. The second-order valence-electron chi connectivity index (χ2n) is 12.3. The van der Waals surface area contributed by atoms with Crippen molar-refractivity contribution < 1.29 is 34.4 Å². The molecule has 239 valence electrons. The van der Waals surface area contributed by atoms with Crippen LogP contribution in [0.4, 0.5) is 0 Å². The molecule has 1 radical (unpaired) electrons. The maximum atomic E-state index is 11.7. The summed E-state index contributed by atoms with van der Waals surface area (Å²) in [5, 5.41) is 12.1. The summed E-state index contributed by atoms with van der Waals surface area (Å²) in [7, 11) is 0. The van der Waals surface area contributed by atoms with E-state index < -0.39 is 0 Å². The molecule has 5 aromatic rings. The van der Waals surface area contributed by atoms with Crippen molar-refractivity contribution in [3.05, 3.63) is 96.7 Å². The number of rotatable bonds is 9. The average molecular weight is 782 g/mol. The molecule has 0 saturated carbocycles. The maximum Gasteiger partial charge on any atom is 0.162 e. The van der Waals surface area contributed by atoms with Crippen molar-refractivity contribution in [3.8, 4) is 22.4 Å². The molecule has 0 amide bonds. The first kappa shape index (κ1) is 35.9. The molecule has 2 aromatic carbocycles. The van der Waals surface area contributed by atoms with Crippen molar-refractivity contribution in [3.63, 3.8) is 0 Å². The summed E-state index contributed by atoms with van der Waals surface area (Å²) in [6.45, 7) is 14.8. The molecule has 5 rings (SSSR count). The third kappa shape index (κ3) is 8.56. The fourth-order valence-corrected chi connectivity index (χ4v) is 5.58. The smallest absolute Gasteiger partial charge is 0.162 e. The van der Waals surface area contributed by atoms with Gasteiger partial charge in [0.2, 0.25) is 0 Å². The van der Waals surface area contributed by atoms with Crippen LogP contribution in [0, 0.1) is 17.9 Å². The van der Waals surface area contributed by atoms with Gasteiger partial charge in [0.1, 0.15) is 11.8 Å². The van der Waals surface area contributed by atoms with Gasteiger partial charge in [-0.2, -0.15) is 0 Å². The van der Waals surface area contributed by atoms with E-state index in [1.54, 1.807) is 12.5 Å². The van der Waals surface area contributed by atoms with Crippen LogP contribution >= 0.6 is 0 Å². The molecule has 3 heterocycles. The molecule has 0 spiro atoms. The van der Waals surface area contributed by atoms with Crippen molar-refractivity contribution in [2.75, 3.05) is 0 Å². The number of allylic oxidation sites excluding steroid dienone is 2. The Morgan fingerprint density at radius 2 is 1.60 bits per heavy atom. The Bertz CT molecular complexity index is 1740. The molecule has 0 saturated heterocycles. The minimum atomic E-state index is 0. The Morgan fingerprint density at radius 1 is 0.911 bits per heavy atom. The van der Waals surface area contributed by atoms with Crippen LogP contribution in [0.25, 0.3) is 44.3 Å². The summed E-state index contributed by atoms with van der Waals surface area (Å²) >= 11 is 0. The van der Waals surface area contributed by atoms with Crippen LogP contribution in [-0.2, 0) is 30.3 Å². The molecule has 3 aromatic heterocycles. The van der Waals surface area contributed by atoms with Crippen molar-refractivity contribution in [2.24, 2.45) is 11.8 Å². The molecule has 1 N–H and O–H groups in total. The minimum Gasteiger partial charge on any atom is -0.512 e. The number of furan rings is 1. The first-order valence-electron chi connectivity index (χ1n) is 15.8. The molecule has 0 aliphatic carbocycles. The summed E-state index contributed by atoms with van der Waals surface area (Å²) < 4.78 is 5.68. The number of aliphatic hydroxyl groups excluding tert-OH is 1. The Morgan fingerprint density at radius 3 is 2.27 bits per heavy atom. The van der Waals surface area contributed by atoms with E-state index in [2.05, 4.69) is 73.2 Å². The second-order valence-corrected chi connectivity index (χ2v) is 12.3. The molecule has 0 bridgehead atoms. The van der Waals surface area contributed by atoms with E-state index in [1.807, 2.05) is 52.1 Å². The number of benzene rings is 2. The van der Waals surface area contributed by atoms with Crippen molar-refractivity contribution in [2.45, 2.75) is 79.6 Å². The SMILES string of the molecule is CC(C)(C)c1cc(-c2cc(-c3coc4cccnc34)ccn2)[c-]c2ccccc12.CCC(CC)C(=O)/C=C(\O)C(CC)CC.[Ir]. The topological polar surface area (TPSA) is 76.2 Å². The van der Waals surface area contributed by atoms with Crippen LogP contribution in [0.15, 0.2) is 89.5 Å². The van der Waals surface area contributed by atoms with Gasteiger partial charge in [-0.15, -0.1) is 29.1 Å². The van der Waals surface area contributed by atoms with Crippen LogP contribution < -0.4 is 0 Å². The maximum absolute atomic E-state index is 11.7. The van der Waals surface area contributed by atoms with Crippen molar-refractivity contribution in [1.29, 1.82) is 0 Å². The zero-order valence-corrected chi connectivity index (χ0v) is 29.9. The predicted octanol–water partition coefficient (Wildman–Crippen LogP) is 10.7. The number of aliphatic hydroxyl groups is 1. The number of fused-ring (bicyclic) bond motifs is 2. The summed E-state index contributed by atoms with van der Waals surface area (Å²) in [6.07, 6.45) is 10.3. The fraction of sp³-hybridized carbons (Fsp3) is 0.359. The van der Waals surface area contributed by atoms with Crippen LogP contribution in [0.1, 0.15) is 79.7 Å².